The third-order valence-electron chi connectivity index (χ3n) is 3.65. The summed E-state index contributed by atoms with van der Waals surface area (Å²) in [5, 5.41) is 18.3. The summed E-state index contributed by atoms with van der Waals surface area (Å²) in [4.78, 5) is 4.04. The van der Waals surface area contributed by atoms with Gasteiger partial charge >= 0.3 is 0 Å². The number of hydrogen-bond donors (Lipinski definition) is 0. The first kappa shape index (κ1) is 15.3. The molecule has 0 atom stereocenters. The molecule has 0 fully saturated rings. The molecule has 2 heterocycles. The van der Waals surface area contributed by atoms with Crippen molar-refractivity contribution >= 4 is 11.8 Å². The molecule has 23 heavy (non-hydrogen) atoms. The van der Waals surface area contributed by atoms with Crippen LogP contribution in [-0.4, -0.2) is 19.7 Å². The number of imidazole rings is 1. The van der Waals surface area contributed by atoms with Gasteiger partial charge in [-0.2, -0.15) is 10.4 Å². The Kier molecular flexibility index (Phi) is 4.40. The van der Waals surface area contributed by atoms with E-state index < -0.39 is 0 Å². The van der Waals surface area contributed by atoms with Crippen molar-refractivity contribution in [3.63, 3.8) is 0 Å². The molecule has 0 aliphatic carbocycles. The molecule has 1 aromatic carbocycles. The number of aromatic nitrogens is 4. The van der Waals surface area contributed by atoms with Crippen molar-refractivity contribution in [1.82, 2.24) is 19.7 Å². The normalized spacial score (nSPS) is 10.5. The fourth-order valence-corrected chi connectivity index (χ4v) is 3.08. The monoisotopic (exact) mass is 321 g/mol. The number of benzene rings is 1. The zero-order chi connectivity index (χ0) is 16.2. The maximum absolute atomic E-state index is 9.32. The van der Waals surface area contributed by atoms with Gasteiger partial charge in [-0.1, -0.05) is 23.9 Å². The first-order chi connectivity index (χ1) is 11.2. The van der Waals surface area contributed by atoms with Gasteiger partial charge in [-0.05, 0) is 37.1 Å². The van der Waals surface area contributed by atoms with Gasteiger partial charge < -0.3 is 4.57 Å². The van der Waals surface area contributed by atoms with Crippen molar-refractivity contribution in [2.75, 3.05) is 0 Å². The van der Waals surface area contributed by atoms with Crippen LogP contribution in [0.15, 0.2) is 48.0 Å². The van der Waals surface area contributed by atoms with Crippen molar-refractivity contribution in [3.05, 3.63) is 65.4 Å². The minimum atomic E-state index is 0.623. The molecule has 0 aliphatic rings. The molecule has 0 aliphatic heterocycles. The molecule has 0 saturated carbocycles. The highest BCUT2D eigenvalue weighted by Crippen LogP contribution is 2.26. The Balaban J connectivity index is 1.74. The van der Waals surface area contributed by atoms with Crippen LogP contribution in [0.2, 0.25) is 0 Å². The molecular weight excluding hydrogens is 306 g/mol. The minimum absolute atomic E-state index is 0.623. The van der Waals surface area contributed by atoms with Gasteiger partial charge in [0.05, 0.1) is 17.6 Å². The molecule has 0 bridgehead atoms. The lowest BCUT2D eigenvalue weighted by Crippen LogP contribution is -1.99. The predicted molar refractivity (Wildman–Crippen MR) is 89.3 cm³/mol. The van der Waals surface area contributed by atoms with Crippen LogP contribution >= 0.6 is 11.8 Å². The Morgan fingerprint density at radius 2 is 1.96 bits per heavy atom. The van der Waals surface area contributed by atoms with Gasteiger partial charge in [0.1, 0.15) is 11.1 Å². The van der Waals surface area contributed by atoms with Gasteiger partial charge in [-0.25, -0.2) is 4.98 Å². The van der Waals surface area contributed by atoms with Gasteiger partial charge in [0, 0.05) is 23.8 Å². The van der Waals surface area contributed by atoms with E-state index in [-0.39, 0.29) is 0 Å². The number of aryl methyl sites for hydroxylation is 1. The van der Waals surface area contributed by atoms with E-state index in [9.17, 15) is 5.26 Å². The van der Waals surface area contributed by atoms with E-state index in [1.807, 2.05) is 24.6 Å². The smallest absolute Gasteiger partial charge is 0.137 e. The van der Waals surface area contributed by atoms with Crippen molar-refractivity contribution in [1.29, 1.82) is 5.26 Å². The molecule has 0 spiro atoms. The summed E-state index contributed by atoms with van der Waals surface area (Å²) in [6.07, 6.45) is 5.44. The summed E-state index contributed by atoms with van der Waals surface area (Å²) in [7, 11) is 0. The average molecular weight is 321 g/mol. The van der Waals surface area contributed by atoms with Crippen LogP contribution in [0.4, 0.5) is 0 Å². The van der Waals surface area contributed by atoms with Crippen LogP contribution in [0.5, 0.6) is 0 Å². The average Bonchev–Trinajstić information content (AvgIpc) is 3.11. The van der Waals surface area contributed by atoms with Gasteiger partial charge in [-0.15, -0.1) is 5.10 Å². The van der Waals surface area contributed by atoms with E-state index in [1.54, 1.807) is 12.5 Å². The maximum atomic E-state index is 9.32. The molecule has 3 rings (SSSR count). The zero-order valence-electron chi connectivity index (χ0n) is 12.9. The Bertz CT molecular complexity index is 848. The maximum Gasteiger partial charge on any atom is 0.137 e. The van der Waals surface area contributed by atoms with Crippen LogP contribution < -0.4 is 0 Å². The SMILES string of the molecule is Cc1nnc(SCc2ccc(-n3ccnc3)cc2)c(C#N)c1C. The number of rotatable bonds is 4. The van der Waals surface area contributed by atoms with E-state index in [2.05, 4.69) is 45.5 Å². The second-order valence-corrected chi connectivity index (χ2v) is 6.09. The molecule has 2 aromatic heterocycles. The van der Waals surface area contributed by atoms with Gasteiger partial charge in [-0.3, -0.25) is 0 Å². The number of thioether (sulfide) groups is 1. The highest BCUT2D eigenvalue weighted by molar-refractivity contribution is 7.98. The molecular formula is C17H15N5S. The fraction of sp³-hybridized carbons (Fsp3) is 0.176. The topological polar surface area (TPSA) is 67.4 Å². The summed E-state index contributed by atoms with van der Waals surface area (Å²) in [5.41, 5.74) is 4.57. The molecule has 114 valence electrons. The second-order valence-electron chi connectivity index (χ2n) is 5.13. The van der Waals surface area contributed by atoms with E-state index in [0.717, 1.165) is 22.7 Å². The van der Waals surface area contributed by atoms with Crippen molar-refractivity contribution in [2.45, 2.75) is 24.6 Å². The third-order valence-corrected chi connectivity index (χ3v) is 4.69. The first-order valence-electron chi connectivity index (χ1n) is 7.13. The largest absolute Gasteiger partial charge is 0.306 e. The third kappa shape index (κ3) is 3.25. The molecule has 3 aromatic rings. The lowest BCUT2D eigenvalue weighted by atomic mass is 10.1. The molecule has 0 amide bonds. The Morgan fingerprint density at radius 3 is 2.61 bits per heavy atom. The first-order valence-corrected chi connectivity index (χ1v) is 8.11. The summed E-state index contributed by atoms with van der Waals surface area (Å²) in [6.45, 7) is 3.78. The quantitative estimate of drug-likeness (QED) is 0.689. The summed E-state index contributed by atoms with van der Waals surface area (Å²) in [6, 6.07) is 10.5. The molecule has 0 saturated heterocycles. The number of nitrogens with zero attached hydrogens (tertiary/aromatic N) is 5. The lowest BCUT2D eigenvalue weighted by Gasteiger charge is -2.07. The fourth-order valence-electron chi connectivity index (χ4n) is 2.15. The van der Waals surface area contributed by atoms with Crippen LogP contribution in [0.3, 0.4) is 0 Å². The van der Waals surface area contributed by atoms with Crippen LogP contribution in [0.25, 0.3) is 5.69 Å². The second kappa shape index (κ2) is 6.63. The molecule has 0 N–H and O–H groups in total. The Morgan fingerprint density at radius 1 is 1.17 bits per heavy atom. The van der Waals surface area contributed by atoms with Crippen molar-refractivity contribution < 1.29 is 0 Å². The van der Waals surface area contributed by atoms with Crippen molar-refractivity contribution in [2.24, 2.45) is 0 Å². The Hall–Kier alpha value is -2.65. The molecule has 5 nitrogen and oxygen atoms in total. The van der Waals surface area contributed by atoms with E-state index >= 15 is 0 Å². The minimum Gasteiger partial charge on any atom is -0.306 e. The van der Waals surface area contributed by atoms with Gasteiger partial charge in [0.2, 0.25) is 0 Å². The summed E-state index contributed by atoms with van der Waals surface area (Å²) < 4.78 is 1.96. The highest BCUT2D eigenvalue weighted by Gasteiger charge is 2.11. The lowest BCUT2D eigenvalue weighted by molar-refractivity contribution is 0.871. The Labute approximate surface area is 139 Å². The summed E-state index contributed by atoms with van der Waals surface area (Å²) >= 11 is 1.54. The van der Waals surface area contributed by atoms with Gasteiger partial charge in [0.15, 0.2) is 0 Å². The standard InChI is InChI=1S/C17H15N5S/c1-12-13(2)20-21-17(16(12)9-18)23-10-14-3-5-15(6-4-14)22-8-7-19-11-22/h3-8,11H,10H2,1-2H3. The number of hydrogen-bond acceptors (Lipinski definition) is 5. The zero-order valence-corrected chi connectivity index (χ0v) is 13.7. The van der Waals surface area contributed by atoms with Crippen LogP contribution in [0, 0.1) is 25.2 Å². The summed E-state index contributed by atoms with van der Waals surface area (Å²) in [5.74, 6) is 0.746. The van der Waals surface area contributed by atoms with E-state index in [4.69, 9.17) is 0 Å². The van der Waals surface area contributed by atoms with Crippen molar-refractivity contribution in [3.8, 4) is 11.8 Å². The van der Waals surface area contributed by atoms with Crippen LogP contribution in [-0.2, 0) is 5.75 Å². The molecule has 0 radical (unpaired) electrons. The van der Waals surface area contributed by atoms with E-state index in [0.29, 0.717) is 10.6 Å². The highest BCUT2D eigenvalue weighted by atomic mass is 32.2. The predicted octanol–water partition coefficient (Wildman–Crippen LogP) is 3.44. The van der Waals surface area contributed by atoms with Crippen LogP contribution in [0.1, 0.15) is 22.4 Å². The molecule has 0 unspecified atom stereocenters. The van der Waals surface area contributed by atoms with E-state index in [1.165, 1.54) is 17.3 Å². The van der Waals surface area contributed by atoms with Gasteiger partial charge in [0.25, 0.3) is 0 Å². The number of nitriles is 1. The molecule has 6 heteroatoms.